The van der Waals surface area contributed by atoms with Crippen LogP contribution in [0.3, 0.4) is 0 Å². The Bertz CT molecular complexity index is 1300. The Morgan fingerprint density at radius 3 is 1.29 bits per heavy atom. The van der Waals surface area contributed by atoms with Gasteiger partial charge in [-0.1, -0.05) is 81.4 Å². The van der Waals surface area contributed by atoms with Crippen LogP contribution in [0, 0.1) is 11.8 Å². The van der Waals surface area contributed by atoms with Gasteiger partial charge in [-0.2, -0.15) is 0 Å². The van der Waals surface area contributed by atoms with Crippen LogP contribution in [0.4, 0.5) is 0 Å². The third-order valence-electron chi connectivity index (χ3n) is 7.55. The molecule has 4 atom stereocenters. The molecule has 0 radical (unpaired) electrons. The van der Waals surface area contributed by atoms with Crippen LogP contribution in [0.25, 0.3) is 0 Å². The van der Waals surface area contributed by atoms with E-state index in [1.165, 1.54) is 21.1 Å². The van der Waals surface area contributed by atoms with Gasteiger partial charge in [0.2, 0.25) is 0 Å². The molecule has 0 saturated heterocycles. The van der Waals surface area contributed by atoms with E-state index in [4.69, 9.17) is 18.6 Å². The smallest absolute Gasteiger partial charge is 0.311 e. The number of methoxy groups -OCH3 is 2. The second-order valence-corrected chi connectivity index (χ2v) is 19.3. The van der Waals surface area contributed by atoms with Crippen molar-refractivity contribution in [3.05, 3.63) is 60.7 Å². The van der Waals surface area contributed by atoms with Crippen LogP contribution >= 0.6 is 0 Å². The maximum atomic E-state index is 12.8. The highest BCUT2D eigenvalue weighted by atomic mass is 28.4. The highest BCUT2D eigenvalue weighted by molar-refractivity contribution is 6.99. The fraction of sp³-hybridized carbons (Fsp3) is 0.579. The van der Waals surface area contributed by atoms with Gasteiger partial charge in [0, 0.05) is 0 Å². The average molecular weight is 703 g/mol. The van der Waals surface area contributed by atoms with Gasteiger partial charge in [0.05, 0.1) is 51.1 Å². The number of carbonyl (C=O) groups is 4. The summed E-state index contributed by atoms with van der Waals surface area (Å²) in [6, 6.07) is 20.4. The normalized spacial score (nSPS) is 14.6. The summed E-state index contributed by atoms with van der Waals surface area (Å²) in [5.74, 6) is -3.72. The van der Waals surface area contributed by atoms with Crippen LogP contribution in [0.15, 0.2) is 60.7 Å². The zero-order chi connectivity index (χ0) is 37.8. The van der Waals surface area contributed by atoms with E-state index in [9.17, 15) is 24.3 Å². The molecule has 2 rings (SSSR count). The van der Waals surface area contributed by atoms with Gasteiger partial charge < -0.3 is 28.5 Å². The Kier molecular flexibility index (Phi) is 16.4. The molecule has 2 aromatic rings. The third kappa shape index (κ3) is 13.7. The van der Waals surface area contributed by atoms with Crippen molar-refractivity contribution in [3.8, 4) is 0 Å². The molecule has 1 N–H and O–H groups in total. The molecule has 0 unspecified atom stereocenters. The first kappa shape index (κ1) is 43.5. The van der Waals surface area contributed by atoms with E-state index in [2.05, 4.69) is 49.8 Å². The van der Waals surface area contributed by atoms with Crippen molar-refractivity contribution in [2.75, 3.05) is 14.2 Å². The quantitative estimate of drug-likeness (QED) is 0.175. The first-order chi connectivity index (χ1) is 22.5. The van der Waals surface area contributed by atoms with Gasteiger partial charge in [0.1, 0.15) is 11.2 Å². The number of hydrogen-bond donors (Lipinski definition) is 1. The number of benzene rings is 2. The van der Waals surface area contributed by atoms with Crippen molar-refractivity contribution in [1.29, 1.82) is 0 Å². The molecule has 2 aromatic carbocycles. The highest BCUT2D eigenvalue weighted by Gasteiger charge is 2.52. The van der Waals surface area contributed by atoms with Crippen LogP contribution in [0.1, 0.15) is 89.0 Å². The zero-order valence-electron chi connectivity index (χ0n) is 31.6. The number of rotatable bonds is 12. The van der Waals surface area contributed by atoms with Gasteiger partial charge in [-0.25, -0.2) is 0 Å². The first-order valence-corrected chi connectivity index (χ1v) is 18.5. The summed E-state index contributed by atoms with van der Waals surface area (Å²) in [5.41, 5.74) is -1.24. The molecule has 0 bridgehead atoms. The van der Waals surface area contributed by atoms with Crippen molar-refractivity contribution in [2.24, 2.45) is 11.8 Å². The second-order valence-electron chi connectivity index (χ2n) is 15.1. The van der Waals surface area contributed by atoms with Gasteiger partial charge in [0.25, 0.3) is 8.32 Å². The van der Waals surface area contributed by atoms with Crippen LogP contribution in [0.2, 0.25) is 5.04 Å². The van der Waals surface area contributed by atoms with Crippen LogP contribution in [-0.2, 0) is 42.6 Å². The van der Waals surface area contributed by atoms with E-state index in [1.807, 2.05) is 43.3 Å². The average Bonchev–Trinajstić information content (AvgIpc) is 2.99. The SMILES string of the molecule is COC(=O)[C@@H](CC(=O)OC(C)(C)C)[C@@H](C)O.COC(=O)[C@@H](CC(=O)OC(C)(C)C)[C@@H](C)O[Si](c1ccccc1)(c1ccccc1)C(C)(C)C. The largest absolute Gasteiger partial charge is 0.469 e. The van der Waals surface area contributed by atoms with Gasteiger partial charge in [-0.05, 0) is 70.8 Å². The minimum atomic E-state index is -2.89. The monoisotopic (exact) mass is 702 g/mol. The van der Waals surface area contributed by atoms with E-state index in [1.54, 1.807) is 41.5 Å². The molecule has 0 fully saturated rings. The Morgan fingerprint density at radius 2 is 0.980 bits per heavy atom. The summed E-state index contributed by atoms with van der Waals surface area (Å²) in [4.78, 5) is 48.1. The molecule has 0 aromatic heterocycles. The Hall–Kier alpha value is -3.54. The van der Waals surface area contributed by atoms with Crippen molar-refractivity contribution in [3.63, 3.8) is 0 Å². The molecule has 0 heterocycles. The molecule has 274 valence electrons. The van der Waals surface area contributed by atoms with Crippen molar-refractivity contribution >= 4 is 42.6 Å². The van der Waals surface area contributed by atoms with Gasteiger partial charge in [-0.3, -0.25) is 19.2 Å². The van der Waals surface area contributed by atoms with E-state index in [0.29, 0.717) is 0 Å². The second kappa shape index (κ2) is 18.5. The van der Waals surface area contributed by atoms with Gasteiger partial charge >= 0.3 is 23.9 Å². The van der Waals surface area contributed by atoms with Crippen molar-refractivity contribution in [2.45, 2.75) is 117 Å². The van der Waals surface area contributed by atoms with E-state index in [-0.39, 0.29) is 17.9 Å². The number of hydrogen-bond acceptors (Lipinski definition) is 10. The summed E-state index contributed by atoms with van der Waals surface area (Å²) < 4.78 is 27.1. The summed E-state index contributed by atoms with van der Waals surface area (Å²) in [6.45, 7) is 20.4. The number of ether oxygens (including phenoxy) is 4. The topological polar surface area (TPSA) is 135 Å². The lowest BCUT2D eigenvalue weighted by molar-refractivity contribution is -0.163. The van der Waals surface area contributed by atoms with E-state index < -0.39 is 67.4 Å². The summed E-state index contributed by atoms with van der Waals surface area (Å²) >= 11 is 0. The number of esters is 4. The summed E-state index contributed by atoms with van der Waals surface area (Å²) in [7, 11) is -0.343. The predicted octanol–water partition coefficient (Wildman–Crippen LogP) is 5.36. The summed E-state index contributed by atoms with van der Waals surface area (Å²) in [5, 5.41) is 11.3. The standard InChI is InChI=1S/C27H38O5Si.C11H20O5/c1-20(23(25(29)30-8)19-24(28)31-26(2,3)4)32-33(27(5,6)7,21-15-11-9-12-16-21)22-17-13-10-14-18-22;1-7(12)8(10(14)15-5)6-9(13)16-11(2,3)4/h9-18,20,23H,19H2,1-8H3;7-8,12H,6H2,1-5H3/t20-,23+;7-,8+/m11/s1. The maximum Gasteiger partial charge on any atom is 0.311 e. The maximum absolute atomic E-state index is 12.8. The first-order valence-electron chi connectivity index (χ1n) is 16.5. The van der Waals surface area contributed by atoms with E-state index in [0.717, 1.165) is 10.4 Å². The molecule has 0 amide bonds. The molecule has 0 aliphatic rings. The van der Waals surface area contributed by atoms with Crippen LogP contribution in [-0.4, -0.2) is 74.9 Å². The molecule has 11 heteroatoms. The number of aliphatic hydroxyl groups is 1. The fourth-order valence-electron chi connectivity index (χ4n) is 5.37. The van der Waals surface area contributed by atoms with Gasteiger partial charge in [-0.15, -0.1) is 0 Å². The Labute approximate surface area is 293 Å². The number of carbonyl (C=O) groups excluding carboxylic acids is 4. The minimum absolute atomic E-state index is 0.108. The van der Waals surface area contributed by atoms with Crippen LogP contribution in [0.5, 0.6) is 0 Å². The zero-order valence-corrected chi connectivity index (χ0v) is 32.6. The molecular weight excluding hydrogens is 644 g/mol. The molecule has 10 nitrogen and oxygen atoms in total. The lowest BCUT2D eigenvalue weighted by Crippen LogP contribution is -2.68. The molecule has 0 aliphatic heterocycles. The van der Waals surface area contributed by atoms with Crippen molar-refractivity contribution in [1.82, 2.24) is 0 Å². The molecule has 0 aliphatic carbocycles. The Balaban J connectivity index is 0.000000632. The lowest BCUT2D eigenvalue weighted by Gasteiger charge is -2.45. The molecule has 49 heavy (non-hydrogen) atoms. The molecule has 0 spiro atoms. The predicted molar refractivity (Wildman–Crippen MR) is 192 cm³/mol. The van der Waals surface area contributed by atoms with E-state index >= 15 is 0 Å². The fourth-order valence-corrected chi connectivity index (χ4v) is 10.1. The highest BCUT2D eigenvalue weighted by Crippen LogP contribution is 2.38. The van der Waals surface area contributed by atoms with Gasteiger partial charge in [0.15, 0.2) is 0 Å². The lowest BCUT2D eigenvalue weighted by atomic mass is 10.00. The third-order valence-corrected chi connectivity index (χ3v) is 12.7. The van der Waals surface area contributed by atoms with Crippen molar-refractivity contribution < 1.29 is 47.7 Å². The number of aliphatic hydroxyl groups excluding tert-OH is 1. The minimum Gasteiger partial charge on any atom is -0.469 e. The van der Waals surface area contributed by atoms with Crippen LogP contribution < -0.4 is 10.4 Å². The molecule has 0 saturated carbocycles. The summed E-state index contributed by atoms with van der Waals surface area (Å²) in [6.07, 6.45) is -1.80. The molecular formula is C38H58O10Si. The Morgan fingerprint density at radius 1 is 0.633 bits per heavy atom.